The number of rotatable bonds is 5. The van der Waals surface area contributed by atoms with Crippen LogP contribution < -0.4 is 5.32 Å². The van der Waals surface area contributed by atoms with Gasteiger partial charge in [0.05, 0.1) is 6.04 Å². The molecule has 3 heterocycles. The molecule has 0 spiro atoms. The summed E-state index contributed by atoms with van der Waals surface area (Å²) in [6.07, 6.45) is 0.886. The molecule has 4 rings (SSSR count). The molecule has 1 aromatic carbocycles. The van der Waals surface area contributed by atoms with Crippen molar-refractivity contribution in [2.24, 2.45) is 0 Å². The third-order valence-corrected chi connectivity index (χ3v) is 5.03. The van der Waals surface area contributed by atoms with Crippen LogP contribution in [-0.2, 0) is 6.42 Å². The molecular weight excluding hydrogens is 320 g/mol. The molecule has 0 aliphatic rings. The maximum Gasteiger partial charge on any atom is 0.200 e. The molecule has 0 unspecified atom stereocenters. The van der Waals surface area contributed by atoms with Gasteiger partial charge in [0.1, 0.15) is 5.82 Å². The lowest BCUT2D eigenvalue weighted by molar-refractivity contribution is 0.718. The van der Waals surface area contributed by atoms with Crippen LogP contribution in [0.3, 0.4) is 0 Å². The molecule has 0 fully saturated rings. The largest absolute Gasteiger partial charge is 0.361 e. The smallest absolute Gasteiger partial charge is 0.200 e. The van der Waals surface area contributed by atoms with Crippen molar-refractivity contribution in [1.82, 2.24) is 25.3 Å². The Morgan fingerprint density at radius 2 is 2.00 bits per heavy atom. The van der Waals surface area contributed by atoms with Gasteiger partial charge in [-0.3, -0.25) is 0 Å². The Hall–Kier alpha value is -2.80. The van der Waals surface area contributed by atoms with E-state index in [0.29, 0.717) is 5.65 Å². The summed E-state index contributed by atoms with van der Waals surface area (Å²) in [5.41, 5.74) is 3.20. The summed E-state index contributed by atoms with van der Waals surface area (Å²) in [6.45, 7) is 2.14. The molecule has 120 valence electrons. The van der Waals surface area contributed by atoms with Crippen LogP contribution in [0.4, 0.5) is 5.82 Å². The van der Waals surface area contributed by atoms with Crippen molar-refractivity contribution in [3.05, 3.63) is 69.9 Å². The fourth-order valence-electron chi connectivity index (χ4n) is 2.71. The fraction of sp³-hybridized carbons (Fsp3) is 0.176. The van der Waals surface area contributed by atoms with Gasteiger partial charge in [0, 0.05) is 4.88 Å². The van der Waals surface area contributed by atoms with Gasteiger partial charge >= 0.3 is 0 Å². The Morgan fingerprint density at radius 1 is 1.12 bits per heavy atom. The SMILES string of the molecule is Cc1ccsc1[C@H](Cc1ccccc1)Nc1ccc2nnnn2n1. The number of tetrazole rings is 1. The second-order valence-electron chi connectivity index (χ2n) is 5.60. The average molecular weight is 336 g/mol. The summed E-state index contributed by atoms with van der Waals surface area (Å²) in [6, 6.07) is 16.5. The normalized spacial score (nSPS) is 12.4. The molecule has 6 nitrogen and oxygen atoms in total. The second kappa shape index (κ2) is 6.37. The highest BCUT2D eigenvalue weighted by atomic mass is 32.1. The van der Waals surface area contributed by atoms with E-state index in [4.69, 9.17) is 0 Å². The lowest BCUT2D eigenvalue weighted by Gasteiger charge is -2.19. The lowest BCUT2D eigenvalue weighted by Crippen LogP contribution is -2.15. The van der Waals surface area contributed by atoms with Gasteiger partial charge in [-0.25, -0.2) is 0 Å². The molecule has 3 aromatic heterocycles. The van der Waals surface area contributed by atoms with Crippen LogP contribution in [-0.4, -0.2) is 25.3 Å². The fourth-order valence-corrected chi connectivity index (χ4v) is 3.68. The Bertz CT molecular complexity index is 946. The molecule has 0 aliphatic heterocycles. The summed E-state index contributed by atoms with van der Waals surface area (Å²) in [7, 11) is 0. The van der Waals surface area contributed by atoms with Gasteiger partial charge in [-0.15, -0.1) is 26.2 Å². The topological polar surface area (TPSA) is 68.0 Å². The third-order valence-electron chi connectivity index (χ3n) is 3.89. The van der Waals surface area contributed by atoms with Crippen molar-refractivity contribution in [3.63, 3.8) is 0 Å². The number of nitrogens with one attached hydrogen (secondary N) is 1. The molecule has 1 N–H and O–H groups in total. The predicted octanol–water partition coefficient (Wildman–Crippen LogP) is 3.29. The first kappa shape index (κ1) is 14.8. The zero-order valence-electron chi connectivity index (χ0n) is 13.1. The average Bonchev–Trinajstić information content (AvgIpc) is 3.23. The van der Waals surface area contributed by atoms with Crippen molar-refractivity contribution in [2.75, 3.05) is 5.32 Å². The molecule has 0 saturated carbocycles. The van der Waals surface area contributed by atoms with E-state index in [0.717, 1.165) is 12.2 Å². The Morgan fingerprint density at radius 3 is 2.79 bits per heavy atom. The van der Waals surface area contributed by atoms with Gasteiger partial charge in [-0.05, 0) is 58.5 Å². The van der Waals surface area contributed by atoms with Gasteiger partial charge in [-0.2, -0.15) is 0 Å². The van der Waals surface area contributed by atoms with E-state index in [1.807, 2.05) is 18.2 Å². The summed E-state index contributed by atoms with van der Waals surface area (Å²) in [5.74, 6) is 0.753. The highest BCUT2D eigenvalue weighted by Gasteiger charge is 2.17. The van der Waals surface area contributed by atoms with Crippen molar-refractivity contribution in [3.8, 4) is 0 Å². The molecule has 0 bridgehead atoms. The number of anilines is 1. The lowest BCUT2D eigenvalue weighted by atomic mass is 10.0. The number of aryl methyl sites for hydroxylation is 1. The first-order valence-corrected chi connectivity index (χ1v) is 8.57. The maximum absolute atomic E-state index is 4.43. The first-order valence-electron chi connectivity index (χ1n) is 7.69. The number of aromatic nitrogens is 5. The van der Waals surface area contributed by atoms with Crippen LogP contribution in [0.2, 0.25) is 0 Å². The monoisotopic (exact) mass is 336 g/mol. The molecule has 0 saturated heterocycles. The summed E-state index contributed by atoms with van der Waals surface area (Å²) in [4.78, 5) is 1.32. The zero-order valence-corrected chi connectivity index (χ0v) is 13.9. The minimum Gasteiger partial charge on any atom is -0.361 e. The minimum atomic E-state index is 0.147. The molecule has 0 amide bonds. The van der Waals surface area contributed by atoms with Crippen LogP contribution in [0.5, 0.6) is 0 Å². The molecule has 24 heavy (non-hydrogen) atoms. The van der Waals surface area contributed by atoms with Gasteiger partial charge in [0.15, 0.2) is 5.65 Å². The van der Waals surface area contributed by atoms with Crippen molar-refractivity contribution in [2.45, 2.75) is 19.4 Å². The molecular formula is C17H16N6S. The number of benzene rings is 1. The van der Waals surface area contributed by atoms with Gasteiger partial charge in [0.2, 0.25) is 0 Å². The highest BCUT2D eigenvalue weighted by molar-refractivity contribution is 7.10. The van der Waals surface area contributed by atoms with E-state index in [9.17, 15) is 0 Å². The maximum atomic E-state index is 4.43. The Kier molecular flexibility index (Phi) is 3.92. The summed E-state index contributed by atoms with van der Waals surface area (Å²) < 4.78 is 1.43. The van der Waals surface area contributed by atoms with Crippen LogP contribution >= 0.6 is 11.3 Å². The van der Waals surface area contributed by atoms with Crippen LogP contribution in [0.25, 0.3) is 5.65 Å². The summed E-state index contributed by atoms with van der Waals surface area (Å²) >= 11 is 1.76. The Balaban J connectivity index is 1.65. The van der Waals surface area contributed by atoms with Crippen molar-refractivity contribution >= 4 is 22.8 Å². The van der Waals surface area contributed by atoms with Crippen LogP contribution in [0.15, 0.2) is 53.9 Å². The van der Waals surface area contributed by atoms with E-state index in [1.54, 1.807) is 11.3 Å². The number of nitrogens with zero attached hydrogens (tertiary/aromatic N) is 5. The highest BCUT2D eigenvalue weighted by Crippen LogP contribution is 2.29. The van der Waals surface area contributed by atoms with Gasteiger partial charge in [0.25, 0.3) is 0 Å². The van der Waals surface area contributed by atoms with Crippen LogP contribution in [0, 0.1) is 6.92 Å². The van der Waals surface area contributed by atoms with Crippen LogP contribution in [0.1, 0.15) is 22.0 Å². The van der Waals surface area contributed by atoms with Crippen molar-refractivity contribution in [1.29, 1.82) is 0 Å². The van der Waals surface area contributed by atoms with E-state index >= 15 is 0 Å². The summed E-state index contributed by atoms with van der Waals surface area (Å²) in [5, 5.41) is 21.5. The molecule has 0 aliphatic carbocycles. The zero-order chi connectivity index (χ0) is 16.4. The quantitative estimate of drug-likeness (QED) is 0.606. The molecule has 0 radical (unpaired) electrons. The van der Waals surface area contributed by atoms with E-state index in [-0.39, 0.29) is 6.04 Å². The van der Waals surface area contributed by atoms with Gasteiger partial charge < -0.3 is 5.32 Å². The van der Waals surface area contributed by atoms with Gasteiger partial charge in [-0.1, -0.05) is 30.3 Å². The standard InChI is InChI=1S/C17H16N6S/c1-12-9-10-24-17(12)14(11-13-5-3-2-4-6-13)18-15-7-8-16-19-21-22-23(16)20-15/h2-10,14H,11H2,1H3,(H,18,20)/t14-/m0/s1. The molecule has 7 heteroatoms. The Labute approximate surface area is 143 Å². The first-order chi connectivity index (χ1) is 11.8. The number of hydrogen-bond donors (Lipinski definition) is 1. The number of thiophene rings is 1. The third kappa shape index (κ3) is 2.98. The molecule has 4 aromatic rings. The molecule has 1 atom stereocenters. The second-order valence-corrected chi connectivity index (χ2v) is 6.55. The predicted molar refractivity (Wildman–Crippen MR) is 94.1 cm³/mol. The van der Waals surface area contributed by atoms with Crippen molar-refractivity contribution < 1.29 is 0 Å². The van der Waals surface area contributed by atoms with E-state index in [2.05, 4.69) is 68.6 Å². The number of fused-ring (bicyclic) bond motifs is 1. The van der Waals surface area contributed by atoms with E-state index < -0.39 is 0 Å². The number of hydrogen-bond acceptors (Lipinski definition) is 6. The van der Waals surface area contributed by atoms with E-state index in [1.165, 1.54) is 20.6 Å². The minimum absolute atomic E-state index is 0.147.